The Bertz CT molecular complexity index is 219. The van der Waals surface area contributed by atoms with E-state index in [0.717, 1.165) is 24.7 Å². The van der Waals surface area contributed by atoms with E-state index in [-0.39, 0.29) is 0 Å². The summed E-state index contributed by atoms with van der Waals surface area (Å²) >= 11 is 1.88. The van der Waals surface area contributed by atoms with Gasteiger partial charge in [-0.1, -0.05) is 25.6 Å². The van der Waals surface area contributed by atoms with Gasteiger partial charge >= 0.3 is 0 Å². The van der Waals surface area contributed by atoms with Crippen molar-refractivity contribution in [3.8, 4) is 0 Å². The second-order valence-corrected chi connectivity index (χ2v) is 5.60. The van der Waals surface area contributed by atoms with Crippen molar-refractivity contribution in [2.75, 3.05) is 20.3 Å². The molecule has 0 aromatic carbocycles. The van der Waals surface area contributed by atoms with Crippen molar-refractivity contribution < 1.29 is 4.74 Å². The van der Waals surface area contributed by atoms with Crippen LogP contribution in [0.4, 0.5) is 0 Å². The van der Waals surface area contributed by atoms with Crippen LogP contribution in [0.3, 0.4) is 0 Å². The van der Waals surface area contributed by atoms with Gasteiger partial charge in [0.05, 0.1) is 6.54 Å². The highest BCUT2D eigenvalue weighted by Gasteiger charge is 2.22. The molecule has 1 aliphatic rings. The molecule has 1 aliphatic heterocycles. The Morgan fingerprint density at radius 2 is 2.27 bits per heavy atom. The van der Waals surface area contributed by atoms with E-state index in [1.54, 1.807) is 7.11 Å². The maximum absolute atomic E-state index is 5.05. The summed E-state index contributed by atoms with van der Waals surface area (Å²) in [5.41, 5.74) is 0. The fraction of sp³-hybridized carbons (Fsp3) is 0.909. The molecule has 3 nitrogen and oxygen atoms in total. The Morgan fingerprint density at radius 1 is 1.53 bits per heavy atom. The van der Waals surface area contributed by atoms with Crippen molar-refractivity contribution in [3.05, 3.63) is 0 Å². The molecule has 0 bridgehead atoms. The predicted molar refractivity (Wildman–Crippen MR) is 67.6 cm³/mol. The number of nitrogens with one attached hydrogen (secondary N) is 1. The van der Waals surface area contributed by atoms with Crippen LogP contribution in [0.5, 0.6) is 0 Å². The second-order valence-electron chi connectivity index (χ2n) is 4.37. The summed E-state index contributed by atoms with van der Waals surface area (Å²) in [6.45, 7) is 8.45. The average Bonchev–Trinajstić information content (AvgIpc) is 2.63. The average molecular weight is 230 g/mol. The summed E-state index contributed by atoms with van der Waals surface area (Å²) in [4.78, 5) is 4.51. The summed E-state index contributed by atoms with van der Waals surface area (Å²) in [6, 6.07) is 0.446. The minimum atomic E-state index is 0.446. The van der Waals surface area contributed by atoms with Crippen molar-refractivity contribution in [1.82, 2.24) is 5.32 Å². The minimum Gasteiger partial charge on any atom is -0.385 e. The summed E-state index contributed by atoms with van der Waals surface area (Å²) in [7, 11) is 1.74. The number of aliphatic imine (C=N–C) groups is 1. The van der Waals surface area contributed by atoms with Gasteiger partial charge in [0, 0.05) is 25.0 Å². The number of hydrogen-bond acceptors (Lipinski definition) is 4. The number of thioether (sulfide) groups is 1. The molecule has 1 heterocycles. The summed E-state index contributed by atoms with van der Waals surface area (Å²) < 4.78 is 5.05. The molecule has 2 atom stereocenters. The van der Waals surface area contributed by atoms with Crippen molar-refractivity contribution in [2.45, 2.75) is 38.5 Å². The summed E-state index contributed by atoms with van der Waals surface area (Å²) in [5.74, 6) is 0.701. The van der Waals surface area contributed by atoms with Crippen LogP contribution in [0.25, 0.3) is 0 Å². The van der Waals surface area contributed by atoms with E-state index in [9.17, 15) is 0 Å². The van der Waals surface area contributed by atoms with Crippen molar-refractivity contribution in [3.63, 3.8) is 0 Å². The fourth-order valence-corrected chi connectivity index (χ4v) is 2.52. The van der Waals surface area contributed by atoms with Gasteiger partial charge < -0.3 is 10.1 Å². The molecule has 88 valence electrons. The predicted octanol–water partition coefficient (Wildman–Crippen LogP) is 2.13. The van der Waals surface area contributed by atoms with Gasteiger partial charge in [0.25, 0.3) is 0 Å². The molecular formula is C11H22N2OS. The first kappa shape index (κ1) is 12.8. The fourth-order valence-electron chi connectivity index (χ4n) is 1.39. The lowest BCUT2D eigenvalue weighted by molar-refractivity contribution is 0.187. The molecule has 0 amide bonds. The number of rotatable bonds is 5. The summed E-state index contributed by atoms with van der Waals surface area (Å²) in [5, 5.41) is 5.19. The SMILES string of the molecule is COCCC(C)NC1=NCC(C(C)C)S1. The Labute approximate surface area is 97.1 Å². The van der Waals surface area contributed by atoms with Gasteiger partial charge in [-0.25, -0.2) is 0 Å². The molecule has 4 heteroatoms. The zero-order valence-corrected chi connectivity index (χ0v) is 10.9. The van der Waals surface area contributed by atoms with Crippen LogP contribution in [0.15, 0.2) is 4.99 Å². The number of ether oxygens (including phenoxy) is 1. The standard InChI is InChI=1S/C11H22N2OS/c1-8(2)10-7-12-11(15-10)13-9(3)5-6-14-4/h8-10H,5-7H2,1-4H3,(H,12,13). The van der Waals surface area contributed by atoms with E-state index >= 15 is 0 Å². The Balaban J connectivity index is 2.23. The normalized spacial score (nSPS) is 23.0. The quantitative estimate of drug-likeness (QED) is 0.785. The zero-order valence-electron chi connectivity index (χ0n) is 10.1. The van der Waals surface area contributed by atoms with Gasteiger partial charge in [-0.05, 0) is 19.3 Å². The molecule has 1 N–H and O–H groups in total. The highest BCUT2D eigenvalue weighted by Crippen LogP contribution is 2.26. The Morgan fingerprint density at radius 3 is 2.80 bits per heavy atom. The lowest BCUT2D eigenvalue weighted by atomic mass is 10.1. The lowest BCUT2D eigenvalue weighted by Gasteiger charge is -2.16. The molecule has 1 rings (SSSR count). The molecule has 0 saturated heterocycles. The third kappa shape index (κ3) is 4.43. The van der Waals surface area contributed by atoms with Crippen LogP contribution < -0.4 is 5.32 Å². The van der Waals surface area contributed by atoms with Crippen molar-refractivity contribution >= 4 is 16.9 Å². The first-order valence-electron chi connectivity index (χ1n) is 5.60. The smallest absolute Gasteiger partial charge is 0.157 e. The summed E-state index contributed by atoms with van der Waals surface area (Å²) in [6.07, 6.45) is 1.03. The molecule has 0 saturated carbocycles. The molecule has 0 radical (unpaired) electrons. The van der Waals surface area contributed by atoms with Crippen molar-refractivity contribution in [2.24, 2.45) is 10.9 Å². The zero-order chi connectivity index (χ0) is 11.3. The van der Waals surface area contributed by atoms with Crippen LogP contribution in [-0.2, 0) is 4.74 Å². The monoisotopic (exact) mass is 230 g/mol. The maximum Gasteiger partial charge on any atom is 0.157 e. The van der Waals surface area contributed by atoms with E-state index in [2.05, 4.69) is 31.1 Å². The third-order valence-corrected chi connectivity index (χ3v) is 4.01. The second kappa shape index (κ2) is 6.38. The van der Waals surface area contributed by atoms with E-state index < -0.39 is 0 Å². The van der Waals surface area contributed by atoms with Crippen LogP contribution in [0.1, 0.15) is 27.2 Å². The van der Waals surface area contributed by atoms with Crippen LogP contribution in [0, 0.1) is 5.92 Å². The molecule has 0 fully saturated rings. The number of amidine groups is 1. The molecule has 2 unspecified atom stereocenters. The topological polar surface area (TPSA) is 33.6 Å². The van der Waals surface area contributed by atoms with Crippen LogP contribution >= 0.6 is 11.8 Å². The number of hydrogen-bond donors (Lipinski definition) is 1. The molecule has 15 heavy (non-hydrogen) atoms. The Kier molecular flexibility index (Phi) is 5.47. The Hall–Kier alpha value is -0.220. The van der Waals surface area contributed by atoms with Gasteiger partial charge in [0.2, 0.25) is 0 Å². The van der Waals surface area contributed by atoms with Gasteiger partial charge in [-0.3, -0.25) is 4.99 Å². The van der Waals surface area contributed by atoms with E-state index in [1.165, 1.54) is 0 Å². The largest absolute Gasteiger partial charge is 0.385 e. The lowest BCUT2D eigenvalue weighted by Crippen LogP contribution is -2.31. The van der Waals surface area contributed by atoms with Gasteiger partial charge in [0.15, 0.2) is 5.17 Å². The van der Waals surface area contributed by atoms with Gasteiger partial charge in [-0.15, -0.1) is 0 Å². The van der Waals surface area contributed by atoms with Crippen LogP contribution in [0.2, 0.25) is 0 Å². The van der Waals surface area contributed by atoms with Gasteiger partial charge in [-0.2, -0.15) is 0 Å². The molecule has 0 aromatic heterocycles. The van der Waals surface area contributed by atoms with Crippen molar-refractivity contribution in [1.29, 1.82) is 0 Å². The molecular weight excluding hydrogens is 208 g/mol. The number of methoxy groups -OCH3 is 1. The van der Waals surface area contributed by atoms with Crippen LogP contribution in [-0.4, -0.2) is 36.7 Å². The minimum absolute atomic E-state index is 0.446. The highest BCUT2D eigenvalue weighted by molar-refractivity contribution is 8.14. The first-order chi connectivity index (χ1) is 7.13. The highest BCUT2D eigenvalue weighted by atomic mass is 32.2. The third-order valence-electron chi connectivity index (χ3n) is 2.55. The molecule has 0 aliphatic carbocycles. The first-order valence-corrected chi connectivity index (χ1v) is 6.48. The number of nitrogens with zero attached hydrogens (tertiary/aromatic N) is 1. The van der Waals surface area contributed by atoms with E-state index in [1.807, 2.05) is 11.8 Å². The molecule has 0 spiro atoms. The van der Waals surface area contributed by atoms with E-state index in [4.69, 9.17) is 4.74 Å². The van der Waals surface area contributed by atoms with E-state index in [0.29, 0.717) is 17.2 Å². The van der Waals surface area contributed by atoms with Gasteiger partial charge in [0.1, 0.15) is 0 Å². The maximum atomic E-state index is 5.05. The molecule has 0 aromatic rings.